The molecule has 1 N–H and O–H groups in total. The molecule has 0 saturated heterocycles. The van der Waals surface area contributed by atoms with Crippen LogP contribution < -0.4 is 5.32 Å². The lowest BCUT2D eigenvalue weighted by atomic mass is 10.1. The van der Waals surface area contributed by atoms with Crippen LogP contribution in [-0.2, 0) is 0 Å². The molecule has 0 heterocycles. The third kappa shape index (κ3) is 3.03. The van der Waals surface area contributed by atoms with Crippen molar-refractivity contribution in [2.24, 2.45) is 0 Å². The SMILES string of the molecule is FC(F)C(F)(F)NC(F)(F)C(F)(F)C(F)(F)C(F)(F)F. The van der Waals surface area contributed by atoms with Crippen LogP contribution in [0.25, 0.3) is 0 Å². The monoisotopic (exact) mass is 335 g/mol. The number of alkyl halides is 13. The van der Waals surface area contributed by atoms with Crippen LogP contribution in [0.5, 0.6) is 0 Å². The Kier molecular flexibility index (Phi) is 4.58. The second-order valence-electron chi connectivity index (χ2n) is 3.27. The van der Waals surface area contributed by atoms with Crippen molar-refractivity contribution in [2.45, 2.75) is 36.5 Å². The highest BCUT2D eigenvalue weighted by Gasteiger charge is 2.83. The van der Waals surface area contributed by atoms with Gasteiger partial charge >= 0.3 is 36.5 Å². The molecule has 20 heavy (non-hydrogen) atoms. The molecule has 0 aliphatic carbocycles. The van der Waals surface area contributed by atoms with E-state index >= 15 is 0 Å². The molecule has 122 valence electrons. The molecular weight excluding hydrogens is 333 g/mol. The van der Waals surface area contributed by atoms with Crippen LogP contribution in [0.3, 0.4) is 0 Å². The van der Waals surface area contributed by atoms with Gasteiger partial charge in [0.25, 0.3) is 0 Å². The molecule has 0 amide bonds. The fraction of sp³-hybridized carbons (Fsp3) is 1.00. The molecule has 0 aliphatic rings. The Hall–Kier alpha value is -0.950. The van der Waals surface area contributed by atoms with Gasteiger partial charge in [0.05, 0.1) is 0 Å². The predicted molar refractivity (Wildman–Crippen MR) is 35.0 cm³/mol. The van der Waals surface area contributed by atoms with Crippen LogP contribution >= 0.6 is 0 Å². The van der Waals surface area contributed by atoms with Gasteiger partial charge in [0.1, 0.15) is 0 Å². The zero-order valence-corrected chi connectivity index (χ0v) is 8.49. The minimum Gasteiger partial charge on any atom is -0.202 e. The van der Waals surface area contributed by atoms with E-state index in [2.05, 4.69) is 0 Å². The summed E-state index contributed by atoms with van der Waals surface area (Å²) >= 11 is 0. The lowest BCUT2D eigenvalue weighted by Crippen LogP contribution is -2.69. The first-order chi connectivity index (χ1) is 8.40. The zero-order valence-electron chi connectivity index (χ0n) is 8.49. The summed E-state index contributed by atoms with van der Waals surface area (Å²) in [6, 6.07) is -13.1. The van der Waals surface area contributed by atoms with Gasteiger partial charge < -0.3 is 0 Å². The summed E-state index contributed by atoms with van der Waals surface area (Å²) in [6.45, 7) is 0. The quantitative estimate of drug-likeness (QED) is 0.594. The Morgan fingerprint density at radius 3 is 1.20 bits per heavy atom. The van der Waals surface area contributed by atoms with Crippen LogP contribution in [0.15, 0.2) is 0 Å². The van der Waals surface area contributed by atoms with Gasteiger partial charge in [-0.15, -0.1) is 0 Å². The highest BCUT2D eigenvalue weighted by Crippen LogP contribution is 2.52. The maximum absolute atomic E-state index is 12.4. The Morgan fingerprint density at radius 2 is 0.950 bits per heavy atom. The summed E-state index contributed by atoms with van der Waals surface area (Å²) in [7, 11) is 0. The van der Waals surface area contributed by atoms with Crippen molar-refractivity contribution in [1.82, 2.24) is 5.32 Å². The third-order valence-corrected chi connectivity index (χ3v) is 1.74. The summed E-state index contributed by atoms with van der Waals surface area (Å²) in [5, 5.41) is -1.20. The summed E-state index contributed by atoms with van der Waals surface area (Å²) in [6.07, 6.45) is -12.3. The Balaban J connectivity index is 5.60. The van der Waals surface area contributed by atoms with Gasteiger partial charge in [0, 0.05) is 0 Å². The molecule has 0 bridgehead atoms. The second-order valence-corrected chi connectivity index (χ2v) is 3.27. The van der Waals surface area contributed by atoms with Crippen molar-refractivity contribution in [2.75, 3.05) is 0 Å². The minimum atomic E-state index is -7.45. The van der Waals surface area contributed by atoms with E-state index < -0.39 is 41.9 Å². The number of hydrogen-bond donors (Lipinski definition) is 1. The van der Waals surface area contributed by atoms with Gasteiger partial charge in [-0.05, 0) is 0 Å². The fourth-order valence-electron chi connectivity index (χ4n) is 0.718. The van der Waals surface area contributed by atoms with Crippen LogP contribution in [0, 0.1) is 0 Å². The third-order valence-electron chi connectivity index (χ3n) is 1.74. The van der Waals surface area contributed by atoms with E-state index in [-0.39, 0.29) is 0 Å². The van der Waals surface area contributed by atoms with Crippen molar-refractivity contribution >= 4 is 0 Å². The molecule has 0 aromatic heterocycles. The predicted octanol–water partition coefficient (Wildman–Crippen LogP) is 3.86. The maximum Gasteiger partial charge on any atom is 0.460 e. The summed E-state index contributed by atoms with van der Waals surface area (Å²) in [5.74, 6) is -14.9. The van der Waals surface area contributed by atoms with Gasteiger partial charge in [-0.25, -0.2) is 8.78 Å². The molecule has 0 spiro atoms. The molecule has 0 aromatic rings. The molecule has 0 fully saturated rings. The lowest BCUT2D eigenvalue weighted by molar-refractivity contribution is -0.409. The fourth-order valence-corrected chi connectivity index (χ4v) is 0.718. The molecule has 0 unspecified atom stereocenters. The number of halogens is 13. The molecular formula is C6H2F13N. The van der Waals surface area contributed by atoms with Gasteiger partial charge in [-0.3, -0.25) is 0 Å². The normalized spacial score (nSPS) is 15.9. The van der Waals surface area contributed by atoms with Gasteiger partial charge in [-0.1, -0.05) is 0 Å². The molecule has 0 aromatic carbocycles. The average molecular weight is 335 g/mol. The van der Waals surface area contributed by atoms with E-state index in [9.17, 15) is 57.1 Å². The minimum absolute atomic E-state index is 1.20. The number of hydrogen-bond acceptors (Lipinski definition) is 1. The van der Waals surface area contributed by atoms with Crippen molar-refractivity contribution in [1.29, 1.82) is 0 Å². The van der Waals surface area contributed by atoms with E-state index in [0.29, 0.717) is 0 Å². The van der Waals surface area contributed by atoms with Crippen LogP contribution in [0.2, 0.25) is 0 Å². The maximum atomic E-state index is 12.4. The molecule has 14 heteroatoms. The Morgan fingerprint density at radius 1 is 0.600 bits per heavy atom. The standard InChI is InChI=1S/C6H2F13N/c7-1(8)2(9,10)20-6(18,19)4(13,14)3(11,12)5(15,16)17/h1,20H. The van der Waals surface area contributed by atoms with Crippen LogP contribution in [-0.4, -0.2) is 36.5 Å². The zero-order chi connectivity index (χ0) is 16.8. The summed E-state index contributed by atoms with van der Waals surface area (Å²) < 4.78 is 156. The first-order valence-corrected chi connectivity index (χ1v) is 4.05. The smallest absolute Gasteiger partial charge is 0.202 e. The summed E-state index contributed by atoms with van der Waals surface area (Å²) in [5.41, 5.74) is 0. The molecule has 1 nitrogen and oxygen atoms in total. The van der Waals surface area contributed by atoms with Crippen LogP contribution in [0.1, 0.15) is 0 Å². The Bertz CT molecular complexity index is 341. The van der Waals surface area contributed by atoms with E-state index in [0.717, 1.165) is 0 Å². The van der Waals surface area contributed by atoms with Gasteiger partial charge in [-0.2, -0.15) is 53.6 Å². The molecule has 0 aliphatic heterocycles. The van der Waals surface area contributed by atoms with E-state index in [1.807, 2.05) is 0 Å². The first-order valence-electron chi connectivity index (χ1n) is 4.05. The van der Waals surface area contributed by atoms with Crippen molar-refractivity contribution in [3.63, 3.8) is 0 Å². The lowest BCUT2D eigenvalue weighted by Gasteiger charge is -2.35. The van der Waals surface area contributed by atoms with E-state index in [1.165, 1.54) is 0 Å². The number of nitrogens with one attached hydrogen (secondary N) is 1. The van der Waals surface area contributed by atoms with Gasteiger partial charge in [0.15, 0.2) is 0 Å². The topological polar surface area (TPSA) is 12.0 Å². The molecule has 0 rings (SSSR count). The highest BCUT2D eigenvalue weighted by atomic mass is 19.4. The highest BCUT2D eigenvalue weighted by molar-refractivity contribution is 5.00. The second kappa shape index (κ2) is 4.80. The first kappa shape index (κ1) is 19.1. The van der Waals surface area contributed by atoms with Crippen molar-refractivity contribution < 1.29 is 57.1 Å². The largest absolute Gasteiger partial charge is 0.460 e. The molecule has 0 radical (unpaired) electrons. The van der Waals surface area contributed by atoms with Crippen molar-refractivity contribution in [3.05, 3.63) is 0 Å². The van der Waals surface area contributed by atoms with Gasteiger partial charge in [0.2, 0.25) is 0 Å². The summed E-state index contributed by atoms with van der Waals surface area (Å²) in [4.78, 5) is 0. The molecule has 0 saturated carbocycles. The average Bonchev–Trinajstić information content (AvgIpc) is 2.12. The number of rotatable bonds is 5. The molecule has 0 atom stereocenters. The Labute approximate surface area is 100 Å². The van der Waals surface area contributed by atoms with Crippen LogP contribution in [0.4, 0.5) is 57.1 Å². The van der Waals surface area contributed by atoms with E-state index in [1.54, 1.807) is 0 Å². The van der Waals surface area contributed by atoms with Crippen molar-refractivity contribution in [3.8, 4) is 0 Å². The van der Waals surface area contributed by atoms with E-state index in [4.69, 9.17) is 0 Å².